The number of hydrogen-bond acceptors (Lipinski definition) is 5. The molecule has 0 amide bonds. The Kier molecular flexibility index (Phi) is 37.4. The van der Waals surface area contributed by atoms with Gasteiger partial charge in [0.1, 0.15) is 18.3 Å². The quantitative estimate of drug-likeness (QED) is 0.0898. The van der Waals surface area contributed by atoms with Crippen LogP contribution in [0.15, 0.2) is 11.1 Å². The van der Waals surface area contributed by atoms with E-state index < -0.39 is 69.7 Å². The van der Waals surface area contributed by atoms with Gasteiger partial charge in [-0.15, -0.1) is 134 Å². The molecule has 0 saturated heterocycles. The summed E-state index contributed by atoms with van der Waals surface area (Å²) in [7, 11) is 54.1. The molecule has 2 rings (SSSR count). The van der Waals surface area contributed by atoms with Gasteiger partial charge in [-0.25, -0.2) is 0 Å². The molecule has 0 aliphatic heterocycles. The minimum atomic E-state index is -0.854. The van der Waals surface area contributed by atoms with Crippen molar-refractivity contribution in [3.05, 3.63) is 11.1 Å². The number of carbonyl (C=O) groups excluding carboxylic acids is 1. The van der Waals surface area contributed by atoms with Crippen LogP contribution in [0.3, 0.4) is 0 Å². The molecule has 0 N–H and O–H groups in total. The second kappa shape index (κ2) is 31.5. The minimum absolute atomic E-state index is 0.0496. The summed E-state index contributed by atoms with van der Waals surface area (Å²) >= 11 is 0. The number of carbonyl (C=O) groups is 1. The Hall–Kier alpha value is 13.9. The fourth-order valence-corrected chi connectivity index (χ4v) is 212. The molecule has 2 bridgehead atoms. The van der Waals surface area contributed by atoms with E-state index in [0.717, 1.165) is 14.4 Å². The maximum Gasteiger partial charge on any atom is 0.164 e. The van der Waals surface area contributed by atoms with Gasteiger partial charge in [-0.1, -0.05) is 48.6 Å². The van der Waals surface area contributed by atoms with Crippen LogP contribution in [0.4, 0.5) is 0 Å². The normalized spacial score (nSPS) is 28.2. The van der Waals surface area contributed by atoms with Crippen molar-refractivity contribution in [1.82, 2.24) is 0 Å². The number of hydrogen-bond donors (Lipinski definition) is 0. The van der Waals surface area contributed by atoms with E-state index in [9.17, 15) is 4.79 Å². The lowest BCUT2D eigenvalue weighted by Gasteiger charge is -2.53. The Morgan fingerprint density at radius 3 is 1.57 bits per heavy atom. The van der Waals surface area contributed by atoms with Crippen molar-refractivity contribution in [1.29, 1.82) is 0 Å². The van der Waals surface area contributed by atoms with E-state index in [0.29, 0.717) is 0 Å². The molecule has 1 saturated carbocycles. The number of ketones is 1. The summed E-state index contributed by atoms with van der Waals surface area (Å²) in [6.07, 6.45) is -0.381. The fourth-order valence-electron chi connectivity index (χ4n) is 5.66. The number of Topliss-reactive ketones (excluding diaryl/α,β-unsaturated/α-hetero) is 1. The van der Waals surface area contributed by atoms with Crippen LogP contribution in [-0.4, -0.2) is 30.2 Å². The Morgan fingerprint density at radius 1 is 0.642 bits per heavy atom. The summed E-state index contributed by atoms with van der Waals surface area (Å²) in [5.74, 6) is 0.0883. The van der Waals surface area contributed by atoms with E-state index in [1.165, 1.54) is 11.1 Å². The molecule has 0 heterocycles. The molecule has 2 aliphatic rings. The van der Waals surface area contributed by atoms with Crippen LogP contribution in [0.2, 0.25) is 0 Å². The molecule has 0 radical (unpaired) electrons. The van der Waals surface area contributed by atoms with Crippen molar-refractivity contribution in [2.45, 2.75) is 58.0 Å². The molecule has 27 unspecified atom stereocenters. The average Bonchev–Trinajstić information content (AvgIpc) is 3.03. The van der Waals surface area contributed by atoms with Crippen molar-refractivity contribution >= 4 is 282 Å². The predicted molar refractivity (Wildman–Crippen MR) is 352 cm³/mol. The average molecular weight is 1360 g/mol. The second-order valence-corrected chi connectivity index (χ2v) is 128. The maximum absolute atomic E-state index is 14.8. The number of fused-ring (bicyclic) bond motifs is 2. The van der Waals surface area contributed by atoms with Gasteiger partial charge in [-0.3, -0.25) is 4.79 Å². The molecule has 5 nitrogen and oxygen atoms in total. The van der Waals surface area contributed by atoms with E-state index in [-0.39, 0.29) is 86.2 Å². The molecular formula is C14H56O5P34. The van der Waals surface area contributed by atoms with E-state index >= 15 is 0 Å². The van der Waals surface area contributed by atoms with Crippen LogP contribution in [0.1, 0.15) is 33.6 Å². The Labute approximate surface area is 381 Å². The van der Waals surface area contributed by atoms with E-state index in [1.807, 2.05) is 0 Å². The lowest BCUT2D eigenvalue weighted by Crippen LogP contribution is -2.54. The first-order valence-corrected chi connectivity index (χ1v) is 73.0. The minimum Gasteiger partial charge on any atom is -0.347 e. The zero-order chi connectivity index (χ0) is 40.9. The third kappa shape index (κ3) is 19.0. The molecule has 0 aromatic carbocycles. The van der Waals surface area contributed by atoms with Gasteiger partial charge in [0.2, 0.25) is 0 Å². The highest BCUT2D eigenvalue weighted by Crippen LogP contribution is 3.18. The molecule has 53 heavy (non-hydrogen) atoms. The summed E-state index contributed by atoms with van der Waals surface area (Å²) < 4.78 is 29.4. The first-order valence-electron chi connectivity index (χ1n) is 14.4. The Balaban J connectivity index is 3.05. The summed E-state index contributed by atoms with van der Waals surface area (Å²) in [6, 6.07) is 0. The van der Waals surface area contributed by atoms with Gasteiger partial charge >= 0.3 is 0 Å². The number of rotatable bonds is 20. The third-order valence-corrected chi connectivity index (χ3v) is 167. The van der Waals surface area contributed by atoms with Crippen LogP contribution >= 0.6 is 277 Å². The fraction of sp³-hybridized carbons (Fsp3) is 0.786. The molecule has 39 heteroatoms. The van der Waals surface area contributed by atoms with Crippen LogP contribution in [0, 0.1) is 11.3 Å². The van der Waals surface area contributed by atoms with Crippen molar-refractivity contribution in [2.75, 3.05) is 0 Å². The standard InChI is InChI=1S/C14H56O5P34/c1-6-9(17-42(51(37)46(28)29)53(48(32)33)49(34)35)4-7-12(16-38-20)8(15)5-10(18-40(43(22)23)50(36)45(26)27)13(11(6)14(7,2)3)19-41(44(24)25)52(39-21)47(30)31/h7,9-10,12-13,38-39H,4-5,20-37H2,1-3H3/t7?,9-,10+,12+,13-,40?,41?,42?,50?,51?,52?/m0/s1. The maximum atomic E-state index is 14.8. The van der Waals surface area contributed by atoms with Crippen molar-refractivity contribution in [2.24, 2.45) is 11.3 Å². The van der Waals surface area contributed by atoms with Gasteiger partial charge < -0.3 is 18.1 Å². The summed E-state index contributed by atoms with van der Waals surface area (Å²) in [4.78, 5) is 14.8. The second-order valence-electron chi connectivity index (χ2n) is 11.5. The smallest absolute Gasteiger partial charge is 0.164 e. The van der Waals surface area contributed by atoms with Crippen LogP contribution in [0.5, 0.6) is 0 Å². The monoisotopic (exact) mass is 1360 g/mol. The van der Waals surface area contributed by atoms with Gasteiger partial charge in [0.15, 0.2) is 5.78 Å². The Bertz CT molecular complexity index is 1160. The zero-order valence-electron chi connectivity index (χ0n) is 29.0. The van der Waals surface area contributed by atoms with E-state index in [2.05, 4.69) is 181 Å². The van der Waals surface area contributed by atoms with Gasteiger partial charge in [0, 0.05) is 48.8 Å². The molecule has 2 aliphatic carbocycles. The molecule has 31 atom stereocenters. The molecule has 0 aromatic heterocycles. The highest BCUT2D eigenvalue weighted by molar-refractivity contribution is 9.19. The third-order valence-electron chi connectivity index (χ3n) is 7.84. The van der Waals surface area contributed by atoms with Gasteiger partial charge in [0.05, 0.1) is 28.7 Å². The topological polar surface area (TPSA) is 54.0 Å². The highest BCUT2D eigenvalue weighted by Gasteiger charge is 2.56. The summed E-state index contributed by atoms with van der Waals surface area (Å²) in [5.41, 5.74) is 2.19. The largest absolute Gasteiger partial charge is 0.347 e. The van der Waals surface area contributed by atoms with Crippen LogP contribution in [0.25, 0.3) is 0 Å². The SMILES string of the molecule is CC1=C2[C@@H](OP(P(P)P)P(PP)P(P)P)[C@H](OP(P(P)P)P(P)P(P)P)CC(=O)[C@H](OPP)C(C[C@@H]1OP(P(P)P(P)P)P(P(P)P)P(P)P)C2(C)C. The highest BCUT2D eigenvalue weighted by atomic mass is 33.2. The van der Waals surface area contributed by atoms with Gasteiger partial charge in [-0.05, 0) is 78.8 Å². The van der Waals surface area contributed by atoms with Crippen LogP contribution in [-0.2, 0) is 22.9 Å². The van der Waals surface area contributed by atoms with E-state index in [1.54, 1.807) is 0 Å². The predicted octanol–water partition coefficient (Wildman–Crippen LogP) is 20.8. The van der Waals surface area contributed by atoms with Gasteiger partial charge in [-0.2, -0.15) is 0 Å². The molecule has 0 aromatic rings. The molecular weight excluding hydrogens is 1300 g/mol. The lowest BCUT2D eigenvalue weighted by molar-refractivity contribution is -0.135. The first-order chi connectivity index (χ1) is 24.4. The van der Waals surface area contributed by atoms with Crippen molar-refractivity contribution < 1.29 is 22.9 Å². The van der Waals surface area contributed by atoms with Crippen LogP contribution < -0.4 is 0 Å². The summed E-state index contributed by atoms with van der Waals surface area (Å²) in [6.45, 7) is 2.41. The van der Waals surface area contributed by atoms with Crippen molar-refractivity contribution in [3.63, 3.8) is 0 Å². The molecule has 312 valence electrons. The first kappa shape index (κ1) is 63.0. The zero-order valence-corrected chi connectivity index (χ0v) is 64.3. The lowest BCUT2D eigenvalue weighted by atomic mass is 9.59. The molecule has 1 fully saturated rings. The van der Waals surface area contributed by atoms with Crippen molar-refractivity contribution in [3.8, 4) is 0 Å². The summed E-state index contributed by atoms with van der Waals surface area (Å²) in [5, 5.41) is 0. The molecule has 0 spiro atoms. The van der Waals surface area contributed by atoms with E-state index in [4.69, 9.17) is 18.1 Å². The Morgan fingerprint density at radius 2 is 1.15 bits per heavy atom. The van der Waals surface area contributed by atoms with Gasteiger partial charge in [0.25, 0.3) is 0 Å².